The van der Waals surface area contributed by atoms with Gasteiger partial charge < -0.3 is 5.32 Å². The fourth-order valence-corrected chi connectivity index (χ4v) is 2.19. The molecule has 0 amide bonds. The number of hydrogen-bond acceptors (Lipinski definition) is 3. The molecule has 3 nitrogen and oxygen atoms in total. The third-order valence-electron chi connectivity index (χ3n) is 3.00. The summed E-state index contributed by atoms with van der Waals surface area (Å²) in [7, 11) is 0. The Hall–Kier alpha value is -2.05. The summed E-state index contributed by atoms with van der Waals surface area (Å²) in [5.74, 6) is 0.502. The van der Waals surface area contributed by atoms with Gasteiger partial charge in [0, 0.05) is 11.9 Å². The molecule has 0 radical (unpaired) electrons. The number of nitriles is 1. The number of anilines is 2. The molecule has 1 N–H and O–H groups in total. The van der Waals surface area contributed by atoms with Gasteiger partial charge >= 0.3 is 0 Å². The van der Waals surface area contributed by atoms with Crippen molar-refractivity contribution >= 4 is 23.1 Å². The maximum atomic E-state index is 9.00. The Morgan fingerprint density at radius 2 is 1.90 bits per heavy atom. The first-order valence-electron chi connectivity index (χ1n) is 6.34. The molecule has 0 aliphatic heterocycles. The summed E-state index contributed by atoms with van der Waals surface area (Å²) in [6.45, 7) is 6.44. The number of rotatable bonds is 2. The van der Waals surface area contributed by atoms with E-state index in [1.165, 1.54) is 5.56 Å². The lowest BCUT2D eigenvalue weighted by Gasteiger charge is -2.23. The van der Waals surface area contributed by atoms with Gasteiger partial charge in [-0.2, -0.15) is 5.26 Å². The molecule has 4 heteroatoms. The Bertz CT molecular complexity index is 666. The fraction of sp³-hybridized carbons (Fsp3) is 0.250. The molecule has 1 heterocycles. The Morgan fingerprint density at radius 3 is 2.55 bits per heavy atom. The van der Waals surface area contributed by atoms with Crippen molar-refractivity contribution in [2.75, 3.05) is 5.32 Å². The zero-order valence-corrected chi connectivity index (χ0v) is 12.5. The molecule has 0 spiro atoms. The lowest BCUT2D eigenvalue weighted by Crippen LogP contribution is -2.13. The number of nitrogens with zero attached hydrogens (tertiary/aromatic N) is 2. The van der Waals surface area contributed by atoms with Crippen LogP contribution in [-0.2, 0) is 5.41 Å². The van der Waals surface area contributed by atoms with E-state index >= 15 is 0 Å². The molecule has 1 aromatic carbocycles. The fourth-order valence-electron chi connectivity index (χ4n) is 1.99. The van der Waals surface area contributed by atoms with Crippen molar-refractivity contribution in [3.8, 4) is 6.07 Å². The van der Waals surface area contributed by atoms with E-state index in [1.807, 2.05) is 18.2 Å². The summed E-state index contributed by atoms with van der Waals surface area (Å²) in [5.41, 5.74) is 2.53. The van der Waals surface area contributed by atoms with Gasteiger partial charge in [-0.3, -0.25) is 0 Å². The Balaban J connectivity index is 2.44. The highest BCUT2D eigenvalue weighted by molar-refractivity contribution is 6.34. The average molecular weight is 286 g/mol. The van der Waals surface area contributed by atoms with E-state index in [0.29, 0.717) is 16.4 Å². The van der Waals surface area contributed by atoms with Gasteiger partial charge in [0.05, 0.1) is 5.56 Å². The summed E-state index contributed by atoms with van der Waals surface area (Å²) in [5, 5.41) is 12.6. The highest BCUT2D eigenvalue weighted by Gasteiger charge is 2.18. The predicted molar refractivity (Wildman–Crippen MR) is 82.4 cm³/mol. The quantitative estimate of drug-likeness (QED) is 0.874. The van der Waals surface area contributed by atoms with E-state index < -0.39 is 0 Å². The molecule has 0 unspecified atom stereocenters. The standard InChI is InChI=1S/C16H16ClN3/c1-16(2,3)12-6-4-5-7-13(12)20-15-14(17)11(10-18)8-9-19-15/h4-9H,1-3H3,(H,19,20). The first-order valence-corrected chi connectivity index (χ1v) is 6.72. The Morgan fingerprint density at radius 1 is 1.20 bits per heavy atom. The second-order valence-electron chi connectivity index (χ2n) is 5.55. The maximum Gasteiger partial charge on any atom is 0.150 e. The van der Waals surface area contributed by atoms with Crippen molar-refractivity contribution in [1.82, 2.24) is 4.98 Å². The average Bonchev–Trinajstić information content (AvgIpc) is 2.40. The molecular formula is C16H16ClN3. The van der Waals surface area contributed by atoms with Crippen LogP contribution in [0.5, 0.6) is 0 Å². The number of hydrogen-bond donors (Lipinski definition) is 1. The lowest BCUT2D eigenvalue weighted by atomic mass is 9.86. The van der Waals surface area contributed by atoms with Crippen LogP contribution < -0.4 is 5.32 Å². The molecule has 0 aliphatic carbocycles. The van der Waals surface area contributed by atoms with Gasteiger partial charge in [0.15, 0.2) is 5.82 Å². The molecule has 0 saturated carbocycles. The minimum absolute atomic E-state index is 0.00289. The van der Waals surface area contributed by atoms with Crippen LogP contribution in [0.15, 0.2) is 36.5 Å². The zero-order chi connectivity index (χ0) is 14.8. The first kappa shape index (κ1) is 14.4. The van der Waals surface area contributed by atoms with Crippen LogP contribution >= 0.6 is 11.6 Å². The topological polar surface area (TPSA) is 48.7 Å². The van der Waals surface area contributed by atoms with E-state index in [1.54, 1.807) is 12.3 Å². The van der Waals surface area contributed by atoms with Crippen molar-refractivity contribution in [2.24, 2.45) is 0 Å². The van der Waals surface area contributed by atoms with Gasteiger partial charge in [0.2, 0.25) is 0 Å². The normalized spacial score (nSPS) is 10.9. The highest BCUT2D eigenvalue weighted by Crippen LogP contribution is 2.33. The second-order valence-corrected chi connectivity index (χ2v) is 5.93. The van der Waals surface area contributed by atoms with E-state index in [9.17, 15) is 0 Å². The van der Waals surface area contributed by atoms with E-state index in [4.69, 9.17) is 16.9 Å². The zero-order valence-electron chi connectivity index (χ0n) is 11.7. The minimum Gasteiger partial charge on any atom is -0.339 e. The van der Waals surface area contributed by atoms with Gasteiger partial charge in [-0.25, -0.2) is 4.98 Å². The number of pyridine rings is 1. The molecule has 102 valence electrons. The Kier molecular flexibility index (Phi) is 3.96. The molecular weight excluding hydrogens is 270 g/mol. The van der Waals surface area contributed by atoms with Gasteiger partial charge in [0.1, 0.15) is 11.1 Å². The third-order valence-corrected chi connectivity index (χ3v) is 3.38. The SMILES string of the molecule is CC(C)(C)c1ccccc1Nc1nccc(C#N)c1Cl. The van der Waals surface area contributed by atoms with E-state index in [0.717, 1.165) is 5.69 Å². The molecule has 1 aromatic heterocycles. The molecule has 2 rings (SSSR count). The molecule has 0 atom stereocenters. The van der Waals surface area contributed by atoms with Crippen molar-refractivity contribution in [1.29, 1.82) is 5.26 Å². The van der Waals surface area contributed by atoms with Gasteiger partial charge in [-0.05, 0) is 23.1 Å². The van der Waals surface area contributed by atoms with E-state index in [-0.39, 0.29) is 5.41 Å². The van der Waals surface area contributed by atoms with Crippen LogP contribution in [-0.4, -0.2) is 4.98 Å². The van der Waals surface area contributed by atoms with Crippen LogP contribution in [0, 0.1) is 11.3 Å². The number of aromatic nitrogens is 1. The Labute approximate surface area is 124 Å². The highest BCUT2D eigenvalue weighted by atomic mass is 35.5. The summed E-state index contributed by atoms with van der Waals surface area (Å²) < 4.78 is 0. The van der Waals surface area contributed by atoms with Crippen LogP contribution in [0.25, 0.3) is 0 Å². The van der Waals surface area contributed by atoms with Gasteiger partial charge in [-0.1, -0.05) is 50.6 Å². The molecule has 0 fully saturated rings. The summed E-state index contributed by atoms with van der Waals surface area (Å²) in [6, 6.07) is 11.7. The molecule has 0 bridgehead atoms. The summed E-state index contributed by atoms with van der Waals surface area (Å²) in [4.78, 5) is 4.21. The third kappa shape index (κ3) is 2.92. The predicted octanol–water partition coefficient (Wildman–Crippen LogP) is 4.65. The second kappa shape index (κ2) is 5.52. The van der Waals surface area contributed by atoms with Crippen molar-refractivity contribution in [2.45, 2.75) is 26.2 Å². The number of nitrogens with one attached hydrogen (secondary N) is 1. The smallest absolute Gasteiger partial charge is 0.150 e. The molecule has 0 saturated heterocycles. The minimum atomic E-state index is 0.00289. The van der Waals surface area contributed by atoms with Crippen LogP contribution in [0.4, 0.5) is 11.5 Å². The van der Waals surface area contributed by atoms with Crippen molar-refractivity contribution < 1.29 is 0 Å². The van der Waals surface area contributed by atoms with Gasteiger partial charge in [0.25, 0.3) is 0 Å². The monoisotopic (exact) mass is 285 g/mol. The van der Waals surface area contributed by atoms with Crippen molar-refractivity contribution in [3.63, 3.8) is 0 Å². The van der Waals surface area contributed by atoms with Crippen molar-refractivity contribution in [3.05, 3.63) is 52.7 Å². The van der Waals surface area contributed by atoms with E-state index in [2.05, 4.69) is 43.2 Å². The number of halogens is 1. The molecule has 20 heavy (non-hydrogen) atoms. The number of benzene rings is 1. The van der Waals surface area contributed by atoms with Crippen LogP contribution in [0.3, 0.4) is 0 Å². The van der Waals surface area contributed by atoms with Gasteiger partial charge in [-0.15, -0.1) is 0 Å². The largest absolute Gasteiger partial charge is 0.339 e. The number of para-hydroxylation sites is 1. The van der Waals surface area contributed by atoms with Crippen LogP contribution in [0.2, 0.25) is 5.02 Å². The summed E-state index contributed by atoms with van der Waals surface area (Å²) >= 11 is 6.18. The first-order chi connectivity index (χ1) is 9.43. The molecule has 0 aliphatic rings. The van der Waals surface area contributed by atoms with Crippen LogP contribution in [0.1, 0.15) is 31.9 Å². The molecule has 2 aromatic rings. The summed E-state index contributed by atoms with van der Waals surface area (Å²) in [6.07, 6.45) is 1.58. The lowest BCUT2D eigenvalue weighted by molar-refractivity contribution is 0.592. The maximum absolute atomic E-state index is 9.00.